The number of hydrogen-bond donors (Lipinski definition) is 5. The van der Waals surface area contributed by atoms with Crippen molar-refractivity contribution in [2.75, 3.05) is 20.3 Å². The van der Waals surface area contributed by atoms with Crippen LogP contribution in [0.2, 0.25) is 0 Å². The Morgan fingerprint density at radius 2 is 1.77 bits per heavy atom. The van der Waals surface area contributed by atoms with Gasteiger partial charge in [0.15, 0.2) is 6.29 Å². The first-order valence-electron chi connectivity index (χ1n) is 9.61. The smallest absolute Gasteiger partial charge is 0.337 e. The highest BCUT2D eigenvalue weighted by atomic mass is 16.8. The molecule has 1 aliphatic carbocycles. The van der Waals surface area contributed by atoms with Gasteiger partial charge in [-0.3, -0.25) is 4.79 Å². The average molecular weight is 446 g/mol. The number of ether oxygens (including phenoxy) is 5. The van der Waals surface area contributed by atoms with Crippen LogP contribution in [0.15, 0.2) is 23.5 Å². The minimum Gasteiger partial charge on any atom is -0.471 e. The van der Waals surface area contributed by atoms with E-state index in [1.165, 1.54) is 20.1 Å². The maximum Gasteiger partial charge on any atom is 0.337 e. The molecule has 0 radical (unpaired) electrons. The summed E-state index contributed by atoms with van der Waals surface area (Å²) in [5, 5.41) is 50.0. The first-order valence-corrected chi connectivity index (χ1v) is 9.61. The van der Waals surface area contributed by atoms with Crippen molar-refractivity contribution in [3.05, 3.63) is 23.5 Å². The number of carbonyl (C=O) groups excluding carboxylic acids is 2. The molecule has 2 aliphatic heterocycles. The second-order valence-electron chi connectivity index (χ2n) is 7.47. The number of methoxy groups -OCH3 is 1. The van der Waals surface area contributed by atoms with Crippen LogP contribution in [0, 0.1) is 11.8 Å². The van der Waals surface area contributed by atoms with Crippen LogP contribution in [0.5, 0.6) is 0 Å². The zero-order valence-corrected chi connectivity index (χ0v) is 16.9. The van der Waals surface area contributed by atoms with Crippen LogP contribution in [0.25, 0.3) is 0 Å². The van der Waals surface area contributed by atoms with Crippen LogP contribution in [0.1, 0.15) is 6.92 Å². The first kappa shape index (κ1) is 23.6. The highest BCUT2D eigenvalue weighted by Gasteiger charge is 2.52. The minimum atomic E-state index is -1.68. The molecule has 0 amide bonds. The van der Waals surface area contributed by atoms with Crippen LogP contribution in [0.4, 0.5) is 0 Å². The zero-order chi connectivity index (χ0) is 22.9. The van der Waals surface area contributed by atoms with Gasteiger partial charge in [-0.1, -0.05) is 6.08 Å². The number of esters is 2. The van der Waals surface area contributed by atoms with Crippen molar-refractivity contribution >= 4 is 11.9 Å². The van der Waals surface area contributed by atoms with Crippen molar-refractivity contribution in [2.24, 2.45) is 11.8 Å². The van der Waals surface area contributed by atoms with E-state index in [2.05, 4.69) is 0 Å². The fraction of sp³-hybridized carbons (Fsp3) is 0.684. The van der Waals surface area contributed by atoms with Crippen molar-refractivity contribution < 1.29 is 58.8 Å². The second kappa shape index (κ2) is 9.61. The van der Waals surface area contributed by atoms with Crippen molar-refractivity contribution in [2.45, 2.75) is 50.0 Å². The van der Waals surface area contributed by atoms with Crippen molar-refractivity contribution in [1.29, 1.82) is 0 Å². The molecule has 174 valence electrons. The monoisotopic (exact) mass is 446 g/mol. The van der Waals surface area contributed by atoms with E-state index in [1.54, 1.807) is 0 Å². The summed E-state index contributed by atoms with van der Waals surface area (Å²) in [5.74, 6) is -2.99. The van der Waals surface area contributed by atoms with E-state index < -0.39 is 73.5 Å². The summed E-state index contributed by atoms with van der Waals surface area (Å²) in [5.41, 5.74) is 0.430. The van der Waals surface area contributed by atoms with Gasteiger partial charge in [-0.05, 0) is 5.57 Å². The van der Waals surface area contributed by atoms with E-state index in [0.717, 1.165) is 6.26 Å². The Labute approximate surface area is 177 Å². The molecule has 3 rings (SSSR count). The molecule has 0 bridgehead atoms. The van der Waals surface area contributed by atoms with Gasteiger partial charge >= 0.3 is 11.9 Å². The molecule has 0 spiro atoms. The molecular formula is C19H26O12. The Morgan fingerprint density at radius 1 is 1.06 bits per heavy atom. The summed E-state index contributed by atoms with van der Waals surface area (Å²) >= 11 is 0. The normalized spacial score (nSPS) is 39.6. The number of aliphatic hydroxyl groups is 5. The summed E-state index contributed by atoms with van der Waals surface area (Å²) in [6.07, 6.45) is -7.54. The van der Waals surface area contributed by atoms with Gasteiger partial charge < -0.3 is 49.2 Å². The van der Waals surface area contributed by atoms with E-state index in [4.69, 9.17) is 23.7 Å². The molecule has 0 unspecified atom stereocenters. The number of rotatable bonds is 6. The molecule has 5 N–H and O–H groups in total. The highest BCUT2D eigenvalue weighted by Crippen LogP contribution is 2.44. The topological polar surface area (TPSA) is 181 Å². The van der Waals surface area contributed by atoms with Crippen molar-refractivity contribution in [3.8, 4) is 0 Å². The predicted octanol–water partition coefficient (Wildman–Crippen LogP) is -2.69. The maximum absolute atomic E-state index is 12.2. The Morgan fingerprint density at radius 3 is 2.39 bits per heavy atom. The number of hydrogen-bond acceptors (Lipinski definition) is 12. The molecule has 3 aliphatic rings. The van der Waals surface area contributed by atoms with Gasteiger partial charge in [0.2, 0.25) is 6.29 Å². The minimum absolute atomic E-state index is 0.0303. The van der Waals surface area contributed by atoms with Crippen molar-refractivity contribution in [3.63, 3.8) is 0 Å². The molecule has 0 aromatic heterocycles. The molecule has 0 aromatic carbocycles. The standard InChI is InChI=1S/C19H26O12/c1-7(21)28-5-8-3-10(22)13-9(17(26)27-2)6-29-18(12(8)13)31-19-16(25)15(24)14(23)11(4-20)30-19/h3,6,10-16,18-20,22-25H,4-5H2,1-2H3/t10-,11-,12-,13+,14-,15+,16-,18+,19+/m1/s1. The van der Waals surface area contributed by atoms with Gasteiger partial charge in [0.25, 0.3) is 0 Å². The second-order valence-corrected chi connectivity index (χ2v) is 7.47. The Hall–Kier alpha value is -2.06. The SMILES string of the molecule is COC(=O)C1=CO[C@@H](O[C@@H]2O[C@H](CO)[C@@H](O)[C@H](O)[C@H]2O)[C@@H]2C(COC(C)=O)=C[C@@H](O)[C@H]12. The third kappa shape index (κ3) is 4.60. The van der Waals surface area contributed by atoms with Gasteiger partial charge in [0.1, 0.15) is 31.0 Å². The third-order valence-corrected chi connectivity index (χ3v) is 5.53. The van der Waals surface area contributed by atoms with E-state index in [0.29, 0.717) is 5.57 Å². The largest absolute Gasteiger partial charge is 0.471 e. The summed E-state index contributed by atoms with van der Waals surface area (Å²) in [6.45, 7) is 0.355. The average Bonchev–Trinajstić information content (AvgIpc) is 3.09. The van der Waals surface area contributed by atoms with Crippen LogP contribution < -0.4 is 0 Å². The van der Waals surface area contributed by atoms with Crippen LogP contribution in [0.3, 0.4) is 0 Å². The zero-order valence-electron chi connectivity index (χ0n) is 16.9. The molecule has 2 heterocycles. The maximum atomic E-state index is 12.2. The van der Waals surface area contributed by atoms with Gasteiger partial charge in [0.05, 0.1) is 37.6 Å². The Bertz CT molecular complexity index is 746. The Kier molecular flexibility index (Phi) is 7.31. The fourth-order valence-corrected chi connectivity index (χ4v) is 3.96. The lowest BCUT2D eigenvalue weighted by Gasteiger charge is -2.43. The molecule has 31 heavy (non-hydrogen) atoms. The van der Waals surface area contributed by atoms with E-state index in [-0.39, 0.29) is 12.2 Å². The lowest BCUT2D eigenvalue weighted by Crippen LogP contribution is -2.60. The van der Waals surface area contributed by atoms with Gasteiger partial charge in [-0.25, -0.2) is 4.79 Å². The highest BCUT2D eigenvalue weighted by molar-refractivity contribution is 5.89. The summed E-state index contributed by atoms with van der Waals surface area (Å²) < 4.78 is 26.3. The van der Waals surface area contributed by atoms with Gasteiger partial charge in [-0.2, -0.15) is 0 Å². The summed E-state index contributed by atoms with van der Waals surface area (Å²) in [6, 6.07) is 0. The quantitative estimate of drug-likeness (QED) is 0.211. The summed E-state index contributed by atoms with van der Waals surface area (Å²) in [4.78, 5) is 23.4. The first-order chi connectivity index (χ1) is 14.7. The lowest BCUT2D eigenvalue weighted by atomic mass is 9.82. The van der Waals surface area contributed by atoms with E-state index in [9.17, 15) is 35.1 Å². The van der Waals surface area contributed by atoms with Crippen LogP contribution in [-0.4, -0.2) is 101 Å². The molecule has 12 heteroatoms. The van der Waals surface area contributed by atoms with E-state index >= 15 is 0 Å². The fourth-order valence-electron chi connectivity index (χ4n) is 3.96. The predicted molar refractivity (Wildman–Crippen MR) is 97.5 cm³/mol. The van der Waals surface area contributed by atoms with Gasteiger partial charge in [0, 0.05) is 12.8 Å². The molecule has 1 fully saturated rings. The summed E-state index contributed by atoms with van der Waals surface area (Å²) in [7, 11) is 1.17. The molecule has 0 aromatic rings. The number of carbonyl (C=O) groups is 2. The van der Waals surface area contributed by atoms with Gasteiger partial charge in [-0.15, -0.1) is 0 Å². The number of fused-ring (bicyclic) bond motifs is 1. The van der Waals surface area contributed by atoms with Crippen molar-refractivity contribution in [1.82, 2.24) is 0 Å². The molecule has 9 atom stereocenters. The number of aliphatic hydroxyl groups excluding tert-OH is 5. The lowest BCUT2D eigenvalue weighted by molar-refractivity contribution is -0.340. The van der Waals surface area contributed by atoms with E-state index in [1.807, 2.05) is 0 Å². The van der Waals surface area contributed by atoms with Crippen LogP contribution in [-0.2, 0) is 33.3 Å². The molecule has 0 saturated carbocycles. The third-order valence-electron chi connectivity index (χ3n) is 5.53. The molecule has 12 nitrogen and oxygen atoms in total. The molecular weight excluding hydrogens is 420 g/mol. The van der Waals surface area contributed by atoms with Crippen LogP contribution >= 0.6 is 0 Å². The molecule has 1 saturated heterocycles. The Balaban J connectivity index is 1.86.